The molecule has 1 unspecified atom stereocenters. The molecule has 0 aromatic heterocycles. The summed E-state index contributed by atoms with van der Waals surface area (Å²) in [6.07, 6.45) is 2.86. The molecule has 0 N–H and O–H groups in total. The van der Waals surface area contributed by atoms with Gasteiger partial charge in [-0.25, -0.2) is 4.39 Å². The standard InChI is InChI=1S/C17H19F3O/c1-11-8-12(4-5-14(11)18)13-9-16(6-2-3-7-16)15(21)17(19,20)10-13/h4-5,8,13H,2-3,6-7,9-10H2,1H3. The molecule has 114 valence electrons. The van der Waals surface area contributed by atoms with E-state index in [-0.39, 0.29) is 11.7 Å². The van der Waals surface area contributed by atoms with Crippen LogP contribution in [-0.4, -0.2) is 11.7 Å². The summed E-state index contributed by atoms with van der Waals surface area (Å²) in [5.74, 6) is -4.80. The van der Waals surface area contributed by atoms with Crippen molar-refractivity contribution in [3.05, 3.63) is 35.1 Å². The predicted octanol–water partition coefficient (Wildman–Crippen LogP) is 4.78. The number of hydrogen-bond acceptors (Lipinski definition) is 1. The Morgan fingerprint density at radius 3 is 2.43 bits per heavy atom. The maximum atomic E-state index is 14.2. The highest BCUT2D eigenvalue weighted by atomic mass is 19.3. The summed E-state index contributed by atoms with van der Waals surface area (Å²) in [6.45, 7) is 1.64. The van der Waals surface area contributed by atoms with E-state index in [1.165, 1.54) is 6.07 Å². The van der Waals surface area contributed by atoms with Crippen LogP contribution in [0.1, 0.15) is 55.6 Å². The third-order valence-corrected chi connectivity index (χ3v) is 5.17. The van der Waals surface area contributed by atoms with Gasteiger partial charge in [0, 0.05) is 11.8 Å². The van der Waals surface area contributed by atoms with E-state index in [1.54, 1.807) is 19.1 Å². The van der Waals surface area contributed by atoms with Crippen molar-refractivity contribution in [1.82, 2.24) is 0 Å². The van der Waals surface area contributed by atoms with Crippen molar-refractivity contribution in [2.45, 2.75) is 57.3 Å². The van der Waals surface area contributed by atoms with Gasteiger partial charge in [-0.1, -0.05) is 25.0 Å². The fraction of sp³-hybridized carbons (Fsp3) is 0.588. The molecule has 4 heteroatoms. The van der Waals surface area contributed by atoms with Crippen molar-refractivity contribution in [2.24, 2.45) is 5.41 Å². The molecule has 0 radical (unpaired) electrons. The van der Waals surface area contributed by atoms with E-state index in [2.05, 4.69) is 0 Å². The molecule has 1 atom stereocenters. The van der Waals surface area contributed by atoms with Crippen molar-refractivity contribution in [3.8, 4) is 0 Å². The van der Waals surface area contributed by atoms with Gasteiger partial charge in [-0.05, 0) is 49.3 Å². The van der Waals surface area contributed by atoms with Crippen LogP contribution in [-0.2, 0) is 4.79 Å². The van der Waals surface area contributed by atoms with Crippen LogP contribution in [0.5, 0.6) is 0 Å². The Bertz CT molecular complexity index is 573. The molecule has 0 bridgehead atoms. The Labute approximate surface area is 122 Å². The molecule has 1 aromatic rings. The number of rotatable bonds is 1. The zero-order chi connectivity index (χ0) is 15.3. The summed E-state index contributed by atoms with van der Waals surface area (Å²) in [6, 6.07) is 4.57. The monoisotopic (exact) mass is 296 g/mol. The van der Waals surface area contributed by atoms with Crippen molar-refractivity contribution in [1.29, 1.82) is 0 Å². The van der Waals surface area contributed by atoms with Crippen LogP contribution in [0.15, 0.2) is 18.2 Å². The normalized spacial score (nSPS) is 27.2. The minimum absolute atomic E-state index is 0.326. The van der Waals surface area contributed by atoms with Gasteiger partial charge in [0.05, 0.1) is 0 Å². The lowest BCUT2D eigenvalue weighted by atomic mass is 9.64. The first-order valence-corrected chi connectivity index (χ1v) is 7.53. The summed E-state index contributed by atoms with van der Waals surface area (Å²) in [4.78, 5) is 12.2. The average Bonchev–Trinajstić information content (AvgIpc) is 2.88. The molecule has 1 nitrogen and oxygen atoms in total. The number of halogens is 3. The molecular formula is C17H19F3O. The molecular weight excluding hydrogens is 277 g/mol. The Morgan fingerprint density at radius 1 is 1.14 bits per heavy atom. The van der Waals surface area contributed by atoms with Crippen molar-refractivity contribution >= 4 is 5.78 Å². The van der Waals surface area contributed by atoms with Gasteiger partial charge in [-0.15, -0.1) is 0 Å². The molecule has 2 fully saturated rings. The molecule has 2 aliphatic carbocycles. The van der Waals surface area contributed by atoms with E-state index in [4.69, 9.17) is 0 Å². The summed E-state index contributed by atoms with van der Waals surface area (Å²) in [5, 5.41) is 0. The quantitative estimate of drug-likeness (QED) is 0.729. The number of carbonyl (C=O) groups is 1. The smallest absolute Gasteiger partial charge is 0.292 e. The molecule has 1 aromatic carbocycles. The molecule has 1 spiro atoms. The van der Waals surface area contributed by atoms with Crippen LogP contribution in [0.25, 0.3) is 0 Å². The summed E-state index contributed by atoms with van der Waals surface area (Å²) >= 11 is 0. The fourth-order valence-electron chi connectivity index (χ4n) is 4.07. The van der Waals surface area contributed by atoms with Crippen LogP contribution in [0.2, 0.25) is 0 Å². The number of hydrogen-bond donors (Lipinski definition) is 0. The second kappa shape index (κ2) is 4.85. The molecule has 2 aliphatic rings. The number of aryl methyl sites for hydroxylation is 1. The number of carbonyl (C=O) groups excluding carboxylic acids is 1. The third kappa shape index (κ3) is 2.39. The first-order chi connectivity index (χ1) is 9.84. The molecule has 0 saturated heterocycles. The Morgan fingerprint density at radius 2 is 1.81 bits per heavy atom. The number of benzene rings is 1. The van der Waals surface area contributed by atoms with Crippen molar-refractivity contribution in [3.63, 3.8) is 0 Å². The second-order valence-electron chi connectivity index (χ2n) is 6.63. The van der Waals surface area contributed by atoms with Crippen LogP contribution in [0.4, 0.5) is 13.2 Å². The van der Waals surface area contributed by atoms with Gasteiger partial charge < -0.3 is 0 Å². The third-order valence-electron chi connectivity index (χ3n) is 5.17. The largest absolute Gasteiger partial charge is 0.306 e. The van der Waals surface area contributed by atoms with Gasteiger partial charge in [0.1, 0.15) is 5.82 Å². The van der Waals surface area contributed by atoms with E-state index in [0.29, 0.717) is 24.8 Å². The SMILES string of the molecule is Cc1cc(C2CC(F)(F)C(=O)C3(CCCC3)C2)ccc1F. The summed E-state index contributed by atoms with van der Waals surface area (Å²) in [5.41, 5.74) is 0.342. The van der Waals surface area contributed by atoms with Gasteiger partial charge in [0.25, 0.3) is 0 Å². The molecule has 21 heavy (non-hydrogen) atoms. The first kappa shape index (κ1) is 14.6. The number of ketones is 1. The zero-order valence-corrected chi connectivity index (χ0v) is 12.1. The molecule has 0 amide bonds. The van der Waals surface area contributed by atoms with Crippen LogP contribution >= 0.6 is 0 Å². The lowest BCUT2D eigenvalue weighted by molar-refractivity contribution is -0.162. The van der Waals surface area contributed by atoms with Crippen molar-refractivity contribution < 1.29 is 18.0 Å². The van der Waals surface area contributed by atoms with Gasteiger partial charge >= 0.3 is 5.92 Å². The lowest BCUT2D eigenvalue weighted by Crippen LogP contribution is -2.48. The van der Waals surface area contributed by atoms with Crippen LogP contribution < -0.4 is 0 Å². The van der Waals surface area contributed by atoms with E-state index in [9.17, 15) is 18.0 Å². The maximum Gasteiger partial charge on any atom is 0.306 e. The van der Waals surface area contributed by atoms with Crippen LogP contribution in [0.3, 0.4) is 0 Å². The van der Waals surface area contributed by atoms with Crippen molar-refractivity contribution in [2.75, 3.05) is 0 Å². The maximum absolute atomic E-state index is 14.2. The Balaban J connectivity index is 1.96. The average molecular weight is 296 g/mol. The molecule has 0 heterocycles. The highest BCUT2D eigenvalue weighted by Crippen LogP contribution is 2.55. The van der Waals surface area contributed by atoms with Gasteiger partial charge in [0.15, 0.2) is 0 Å². The number of alkyl halides is 2. The fourth-order valence-corrected chi connectivity index (χ4v) is 4.07. The highest BCUT2D eigenvalue weighted by Gasteiger charge is 2.58. The van der Waals surface area contributed by atoms with Gasteiger partial charge in [-0.2, -0.15) is 8.78 Å². The summed E-state index contributed by atoms with van der Waals surface area (Å²) in [7, 11) is 0. The van der Waals surface area contributed by atoms with Crippen LogP contribution in [0, 0.1) is 18.2 Å². The second-order valence-corrected chi connectivity index (χ2v) is 6.63. The Kier molecular flexibility index (Phi) is 3.38. The van der Waals surface area contributed by atoms with Gasteiger partial charge in [-0.3, -0.25) is 4.79 Å². The predicted molar refractivity (Wildman–Crippen MR) is 74.0 cm³/mol. The Hall–Kier alpha value is -1.32. The number of Topliss-reactive ketones (excluding diaryl/α,β-unsaturated/α-hetero) is 1. The molecule has 3 rings (SSSR count). The highest BCUT2D eigenvalue weighted by molar-refractivity contribution is 5.92. The minimum Gasteiger partial charge on any atom is -0.292 e. The lowest BCUT2D eigenvalue weighted by Gasteiger charge is -2.41. The first-order valence-electron chi connectivity index (χ1n) is 7.53. The van der Waals surface area contributed by atoms with E-state index < -0.39 is 23.5 Å². The van der Waals surface area contributed by atoms with Gasteiger partial charge in [0.2, 0.25) is 5.78 Å². The molecule has 0 aliphatic heterocycles. The summed E-state index contributed by atoms with van der Waals surface area (Å²) < 4.78 is 41.7. The topological polar surface area (TPSA) is 17.1 Å². The molecule has 2 saturated carbocycles. The van der Waals surface area contributed by atoms with E-state index in [0.717, 1.165) is 18.4 Å². The zero-order valence-electron chi connectivity index (χ0n) is 12.1. The van der Waals surface area contributed by atoms with E-state index in [1.807, 2.05) is 0 Å². The minimum atomic E-state index is -3.25. The van der Waals surface area contributed by atoms with E-state index >= 15 is 0 Å².